The lowest BCUT2D eigenvalue weighted by molar-refractivity contribution is 0.100. The topological polar surface area (TPSA) is 92.9 Å². The van der Waals surface area contributed by atoms with E-state index < -0.39 is 5.91 Å². The van der Waals surface area contributed by atoms with Crippen LogP contribution >= 0.6 is 0 Å². The first kappa shape index (κ1) is 16.2. The number of benzene rings is 1. The molecule has 6 heteroatoms. The van der Waals surface area contributed by atoms with Gasteiger partial charge in [-0.3, -0.25) is 4.79 Å². The summed E-state index contributed by atoms with van der Waals surface area (Å²) < 4.78 is 0. The number of rotatable bonds is 5. The average molecular weight is 325 g/mol. The van der Waals surface area contributed by atoms with E-state index in [0.29, 0.717) is 17.3 Å². The molecule has 0 spiro atoms. The molecule has 24 heavy (non-hydrogen) atoms. The van der Waals surface area contributed by atoms with Crippen LogP contribution in [0.25, 0.3) is 0 Å². The summed E-state index contributed by atoms with van der Waals surface area (Å²) in [6.45, 7) is 3.97. The van der Waals surface area contributed by atoms with Crippen molar-refractivity contribution in [1.29, 1.82) is 0 Å². The zero-order valence-corrected chi connectivity index (χ0v) is 14.0. The molecule has 1 amide bonds. The number of nitrogens with two attached hydrogens (primary N) is 1. The van der Waals surface area contributed by atoms with Crippen LogP contribution in [-0.4, -0.2) is 28.0 Å². The van der Waals surface area contributed by atoms with Crippen LogP contribution in [0.3, 0.4) is 0 Å². The van der Waals surface area contributed by atoms with E-state index in [1.807, 2.05) is 13.8 Å². The SMILES string of the molecule is CC(C)Nc1nc(N[C@@H]2CCc3ccccc3C2)ncc1C(N)=O. The number of anilines is 2. The second kappa shape index (κ2) is 6.86. The van der Waals surface area contributed by atoms with Crippen molar-refractivity contribution < 1.29 is 4.79 Å². The van der Waals surface area contributed by atoms with Crippen molar-refractivity contribution >= 4 is 17.7 Å². The minimum atomic E-state index is -0.531. The summed E-state index contributed by atoms with van der Waals surface area (Å²) in [4.78, 5) is 20.2. The van der Waals surface area contributed by atoms with Crippen molar-refractivity contribution in [3.05, 3.63) is 47.2 Å². The number of hydrogen-bond donors (Lipinski definition) is 3. The predicted octanol–water partition coefficient (Wildman–Crippen LogP) is 2.37. The molecule has 126 valence electrons. The van der Waals surface area contributed by atoms with Crippen molar-refractivity contribution in [1.82, 2.24) is 9.97 Å². The number of aromatic nitrogens is 2. The summed E-state index contributed by atoms with van der Waals surface area (Å²) >= 11 is 0. The molecule has 0 fully saturated rings. The highest BCUT2D eigenvalue weighted by Gasteiger charge is 2.20. The fourth-order valence-electron chi connectivity index (χ4n) is 3.02. The standard InChI is InChI=1S/C18H23N5O/c1-11(2)21-17-15(16(19)24)10-20-18(23-17)22-14-8-7-12-5-3-4-6-13(12)9-14/h3-6,10-11,14H,7-9H2,1-2H3,(H2,19,24)(H2,20,21,22,23)/t14-/m1/s1. The van der Waals surface area contributed by atoms with E-state index in [9.17, 15) is 4.79 Å². The molecule has 0 unspecified atom stereocenters. The molecule has 4 N–H and O–H groups in total. The van der Waals surface area contributed by atoms with Gasteiger partial charge in [-0.25, -0.2) is 4.98 Å². The fraction of sp³-hybridized carbons (Fsp3) is 0.389. The summed E-state index contributed by atoms with van der Waals surface area (Å²) in [5.41, 5.74) is 8.50. The first-order chi connectivity index (χ1) is 11.5. The number of amides is 1. The average Bonchev–Trinajstić information content (AvgIpc) is 2.54. The summed E-state index contributed by atoms with van der Waals surface area (Å²) in [5, 5.41) is 6.54. The van der Waals surface area contributed by atoms with Gasteiger partial charge >= 0.3 is 0 Å². The monoisotopic (exact) mass is 325 g/mol. The fourth-order valence-corrected chi connectivity index (χ4v) is 3.02. The van der Waals surface area contributed by atoms with Gasteiger partial charge in [-0.2, -0.15) is 4.98 Å². The van der Waals surface area contributed by atoms with Gasteiger partial charge in [0.15, 0.2) is 0 Å². The second-order valence-corrected chi connectivity index (χ2v) is 6.47. The van der Waals surface area contributed by atoms with Gasteiger partial charge in [-0.05, 0) is 44.2 Å². The maximum Gasteiger partial charge on any atom is 0.254 e. The van der Waals surface area contributed by atoms with Gasteiger partial charge in [0.25, 0.3) is 5.91 Å². The molecule has 1 heterocycles. The zero-order chi connectivity index (χ0) is 17.1. The Hall–Kier alpha value is -2.63. The van der Waals surface area contributed by atoms with Crippen LogP contribution in [0.2, 0.25) is 0 Å². The molecule has 6 nitrogen and oxygen atoms in total. The van der Waals surface area contributed by atoms with E-state index in [2.05, 4.69) is 44.9 Å². The molecule has 2 aromatic rings. The molecule has 3 rings (SSSR count). The minimum absolute atomic E-state index is 0.146. The molecular weight excluding hydrogens is 302 g/mol. The van der Waals surface area contributed by atoms with Gasteiger partial charge in [0.1, 0.15) is 5.82 Å². The van der Waals surface area contributed by atoms with Crippen LogP contribution in [0.1, 0.15) is 41.8 Å². The molecule has 0 saturated heterocycles. The summed E-state index contributed by atoms with van der Waals surface area (Å²) in [7, 11) is 0. The Morgan fingerprint density at radius 2 is 2.04 bits per heavy atom. The Balaban J connectivity index is 1.77. The third kappa shape index (κ3) is 3.64. The normalized spacial score (nSPS) is 16.5. The van der Waals surface area contributed by atoms with Crippen molar-refractivity contribution in [3.63, 3.8) is 0 Å². The molecule has 0 radical (unpaired) electrons. The summed E-state index contributed by atoms with van der Waals surface area (Å²) in [6.07, 6.45) is 4.51. The number of primary amides is 1. The van der Waals surface area contributed by atoms with Gasteiger partial charge < -0.3 is 16.4 Å². The molecule has 0 bridgehead atoms. The molecule has 1 aromatic carbocycles. The first-order valence-corrected chi connectivity index (χ1v) is 8.29. The number of carbonyl (C=O) groups is 1. The van der Waals surface area contributed by atoms with Gasteiger partial charge in [0, 0.05) is 18.3 Å². The molecule has 1 aliphatic carbocycles. The van der Waals surface area contributed by atoms with Crippen LogP contribution < -0.4 is 16.4 Å². The molecule has 1 atom stereocenters. The number of aryl methyl sites for hydroxylation is 1. The predicted molar refractivity (Wildman–Crippen MR) is 95.2 cm³/mol. The van der Waals surface area contributed by atoms with Crippen LogP contribution in [0, 0.1) is 0 Å². The van der Waals surface area contributed by atoms with Gasteiger partial charge in [0.05, 0.1) is 5.56 Å². The van der Waals surface area contributed by atoms with Gasteiger partial charge in [-0.15, -0.1) is 0 Å². The molecule has 1 aliphatic rings. The first-order valence-electron chi connectivity index (χ1n) is 8.29. The summed E-state index contributed by atoms with van der Waals surface area (Å²) in [6, 6.07) is 8.95. The number of nitrogens with one attached hydrogen (secondary N) is 2. The third-order valence-corrected chi connectivity index (χ3v) is 4.16. The lowest BCUT2D eigenvalue weighted by atomic mass is 9.88. The van der Waals surface area contributed by atoms with Crippen molar-refractivity contribution in [2.24, 2.45) is 5.73 Å². The molecule has 0 aliphatic heterocycles. The highest BCUT2D eigenvalue weighted by molar-refractivity contribution is 5.97. The quantitative estimate of drug-likeness (QED) is 0.785. The molecular formula is C18H23N5O. The van der Waals surface area contributed by atoms with E-state index in [-0.39, 0.29) is 12.1 Å². The van der Waals surface area contributed by atoms with Crippen LogP contribution in [0.4, 0.5) is 11.8 Å². The number of hydrogen-bond acceptors (Lipinski definition) is 5. The van der Waals surface area contributed by atoms with E-state index in [1.54, 1.807) is 0 Å². The molecule has 0 saturated carbocycles. The van der Waals surface area contributed by atoms with Crippen LogP contribution in [0.15, 0.2) is 30.5 Å². The van der Waals surface area contributed by atoms with Crippen molar-refractivity contribution in [3.8, 4) is 0 Å². The largest absolute Gasteiger partial charge is 0.367 e. The van der Waals surface area contributed by atoms with E-state index in [0.717, 1.165) is 19.3 Å². The maximum absolute atomic E-state index is 11.5. The Kier molecular flexibility index (Phi) is 4.64. The van der Waals surface area contributed by atoms with Gasteiger partial charge in [-0.1, -0.05) is 24.3 Å². The highest BCUT2D eigenvalue weighted by Crippen LogP contribution is 2.23. The van der Waals surface area contributed by atoms with E-state index >= 15 is 0 Å². The van der Waals surface area contributed by atoms with Crippen LogP contribution in [-0.2, 0) is 12.8 Å². The second-order valence-electron chi connectivity index (χ2n) is 6.47. The highest BCUT2D eigenvalue weighted by atomic mass is 16.1. The smallest absolute Gasteiger partial charge is 0.254 e. The number of carbonyl (C=O) groups excluding carboxylic acids is 1. The lowest BCUT2D eigenvalue weighted by Gasteiger charge is -2.25. The zero-order valence-electron chi connectivity index (χ0n) is 14.0. The summed E-state index contributed by atoms with van der Waals surface area (Å²) in [5.74, 6) is 0.468. The van der Waals surface area contributed by atoms with Crippen molar-refractivity contribution in [2.45, 2.75) is 45.2 Å². The van der Waals surface area contributed by atoms with Crippen molar-refractivity contribution in [2.75, 3.05) is 10.6 Å². The Bertz CT molecular complexity index is 744. The number of nitrogens with zero attached hydrogens (tertiary/aromatic N) is 2. The third-order valence-electron chi connectivity index (χ3n) is 4.16. The van der Waals surface area contributed by atoms with E-state index in [1.165, 1.54) is 17.3 Å². The Morgan fingerprint density at radius 3 is 2.75 bits per heavy atom. The Morgan fingerprint density at radius 1 is 1.29 bits per heavy atom. The van der Waals surface area contributed by atoms with Gasteiger partial charge in [0.2, 0.25) is 5.95 Å². The Labute approximate surface area is 141 Å². The lowest BCUT2D eigenvalue weighted by Crippen LogP contribution is -2.29. The number of fused-ring (bicyclic) bond motifs is 1. The molecule has 1 aromatic heterocycles. The minimum Gasteiger partial charge on any atom is -0.367 e. The van der Waals surface area contributed by atoms with E-state index in [4.69, 9.17) is 5.73 Å². The maximum atomic E-state index is 11.5. The van der Waals surface area contributed by atoms with Crippen LogP contribution in [0.5, 0.6) is 0 Å².